The number of nitrogens with two attached hydrogens (primary N) is 1. The summed E-state index contributed by atoms with van der Waals surface area (Å²) in [6.45, 7) is 1.87. The Morgan fingerprint density at radius 1 is 1.38 bits per heavy atom. The third kappa shape index (κ3) is 2.25. The Labute approximate surface area is 100 Å². The van der Waals surface area contributed by atoms with Gasteiger partial charge in [-0.25, -0.2) is 0 Å². The quantitative estimate of drug-likeness (QED) is 0.841. The molecule has 0 radical (unpaired) electrons. The van der Waals surface area contributed by atoms with Gasteiger partial charge in [0.05, 0.1) is 5.71 Å². The van der Waals surface area contributed by atoms with Crippen molar-refractivity contribution < 1.29 is 0 Å². The molecule has 16 heavy (non-hydrogen) atoms. The van der Waals surface area contributed by atoms with Crippen molar-refractivity contribution >= 4 is 27.6 Å². The molecule has 2 N–H and O–H groups in total. The van der Waals surface area contributed by atoms with Crippen molar-refractivity contribution in [2.45, 2.75) is 6.92 Å². The zero-order chi connectivity index (χ0) is 11.5. The van der Waals surface area contributed by atoms with Gasteiger partial charge in [0.25, 0.3) is 5.95 Å². The normalized spacial score (nSPS) is 11.8. The Hall–Kier alpha value is -1.76. The van der Waals surface area contributed by atoms with Crippen molar-refractivity contribution in [3.63, 3.8) is 0 Å². The van der Waals surface area contributed by atoms with E-state index in [-0.39, 0.29) is 5.95 Å². The highest BCUT2D eigenvalue weighted by Crippen LogP contribution is 2.11. The monoisotopic (exact) mass is 280 g/mol. The van der Waals surface area contributed by atoms with Crippen LogP contribution in [0.15, 0.2) is 33.8 Å². The van der Waals surface area contributed by atoms with E-state index in [0.29, 0.717) is 0 Å². The first-order valence-corrected chi connectivity index (χ1v) is 5.31. The summed E-state index contributed by atoms with van der Waals surface area (Å²) in [5, 5.41) is 14.8. The van der Waals surface area contributed by atoms with Crippen molar-refractivity contribution in [1.82, 2.24) is 20.3 Å². The summed E-state index contributed by atoms with van der Waals surface area (Å²) in [7, 11) is 0. The minimum absolute atomic E-state index is 0.163. The number of anilines is 1. The molecule has 0 saturated heterocycles. The van der Waals surface area contributed by atoms with Gasteiger partial charge >= 0.3 is 0 Å². The second-order valence-corrected chi connectivity index (χ2v) is 4.03. The third-order valence-electron chi connectivity index (χ3n) is 1.98. The van der Waals surface area contributed by atoms with E-state index < -0.39 is 0 Å². The standard InChI is InChI=1S/C9H9BrN6/c1-6(7-2-4-8(10)5-3-7)13-16-9(11)12-14-15-16/h2-5H,1H3,(H2,11,12,15)/b13-6+. The molecular formula is C9H9BrN6. The largest absolute Gasteiger partial charge is 0.365 e. The van der Waals surface area contributed by atoms with Crippen molar-refractivity contribution in [2.75, 3.05) is 5.73 Å². The molecule has 0 spiro atoms. The molecule has 0 amide bonds. The van der Waals surface area contributed by atoms with Crippen molar-refractivity contribution in [3.05, 3.63) is 34.3 Å². The molecule has 2 rings (SSSR count). The molecule has 0 aliphatic rings. The van der Waals surface area contributed by atoms with Gasteiger partial charge in [-0.3, -0.25) is 0 Å². The first-order valence-electron chi connectivity index (χ1n) is 4.52. The van der Waals surface area contributed by atoms with Gasteiger partial charge in [0.1, 0.15) is 0 Å². The van der Waals surface area contributed by atoms with Crippen LogP contribution in [-0.4, -0.2) is 26.0 Å². The zero-order valence-corrected chi connectivity index (χ0v) is 10.1. The molecule has 0 saturated carbocycles. The Bertz CT molecular complexity index is 515. The van der Waals surface area contributed by atoms with Crippen LogP contribution in [-0.2, 0) is 0 Å². The second-order valence-electron chi connectivity index (χ2n) is 3.12. The van der Waals surface area contributed by atoms with Crippen LogP contribution in [0.2, 0.25) is 0 Å². The lowest BCUT2D eigenvalue weighted by atomic mass is 10.1. The van der Waals surface area contributed by atoms with E-state index in [1.807, 2.05) is 31.2 Å². The molecule has 0 unspecified atom stereocenters. The number of nitrogens with zero attached hydrogens (tertiary/aromatic N) is 5. The average Bonchev–Trinajstić information content (AvgIpc) is 2.65. The topological polar surface area (TPSA) is 82.0 Å². The second kappa shape index (κ2) is 4.40. The van der Waals surface area contributed by atoms with E-state index in [9.17, 15) is 0 Å². The van der Waals surface area contributed by atoms with Crippen LogP contribution in [0.4, 0.5) is 5.95 Å². The molecule has 0 atom stereocenters. The van der Waals surface area contributed by atoms with Gasteiger partial charge in [-0.1, -0.05) is 38.0 Å². The number of hydrogen-bond donors (Lipinski definition) is 1. The number of hydrogen-bond acceptors (Lipinski definition) is 5. The van der Waals surface area contributed by atoms with Gasteiger partial charge in [-0.15, -0.1) is 0 Å². The summed E-state index contributed by atoms with van der Waals surface area (Å²) in [4.78, 5) is 1.19. The van der Waals surface area contributed by atoms with E-state index in [1.165, 1.54) is 4.79 Å². The Morgan fingerprint density at radius 3 is 2.62 bits per heavy atom. The SMILES string of the molecule is C/C(=N\n1nnnc1N)c1ccc(Br)cc1. The maximum atomic E-state index is 5.50. The molecule has 0 bridgehead atoms. The summed E-state index contributed by atoms with van der Waals surface area (Å²) in [6, 6.07) is 7.78. The minimum atomic E-state index is 0.163. The highest BCUT2D eigenvalue weighted by Gasteiger charge is 2.01. The van der Waals surface area contributed by atoms with Crippen LogP contribution in [0.1, 0.15) is 12.5 Å². The highest BCUT2D eigenvalue weighted by molar-refractivity contribution is 9.10. The van der Waals surface area contributed by atoms with E-state index in [2.05, 4.69) is 36.6 Å². The summed E-state index contributed by atoms with van der Waals surface area (Å²) >= 11 is 3.37. The van der Waals surface area contributed by atoms with E-state index in [0.717, 1.165) is 15.7 Å². The fraction of sp³-hybridized carbons (Fsp3) is 0.111. The van der Waals surface area contributed by atoms with E-state index in [4.69, 9.17) is 5.73 Å². The van der Waals surface area contributed by atoms with Crippen LogP contribution >= 0.6 is 15.9 Å². The lowest BCUT2D eigenvalue weighted by Gasteiger charge is -2.00. The first-order chi connectivity index (χ1) is 7.66. The summed E-state index contributed by atoms with van der Waals surface area (Å²) in [6.07, 6.45) is 0. The summed E-state index contributed by atoms with van der Waals surface area (Å²) < 4.78 is 1.02. The van der Waals surface area contributed by atoms with Gasteiger partial charge in [-0.05, 0) is 35.0 Å². The van der Waals surface area contributed by atoms with Crippen LogP contribution < -0.4 is 5.73 Å². The number of rotatable bonds is 2. The molecular weight excluding hydrogens is 272 g/mol. The Kier molecular flexibility index (Phi) is 2.95. The van der Waals surface area contributed by atoms with Crippen molar-refractivity contribution in [2.24, 2.45) is 5.10 Å². The van der Waals surface area contributed by atoms with Crippen LogP contribution in [0.25, 0.3) is 0 Å². The lowest BCUT2D eigenvalue weighted by Crippen LogP contribution is -2.04. The van der Waals surface area contributed by atoms with Gasteiger partial charge in [0.2, 0.25) is 0 Å². The van der Waals surface area contributed by atoms with E-state index in [1.54, 1.807) is 0 Å². The van der Waals surface area contributed by atoms with Crippen molar-refractivity contribution in [1.29, 1.82) is 0 Å². The lowest BCUT2D eigenvalue weighted by molar-refractivity contribution is 0.696. The van der Waals surface area contributed by atoms with Crippen LogP contribution in [0.3, 0.4) is 0 Å². The molecule has 82 valence electrons. The Morgan fingerprint density at radius 2 is 2.06 bits per heavy atom. The summed E-state index contributed by atoms with van der Waals surface area (Å²) in [5.41, 5.74) is 7.27. The average molecular weight is 281 g/mol. The van der Waals surface area contributed by atoms with Gasteiger partial charge < -0.3 is 5.73 Å². The maximum Gasteiger partial charge on any atom is 0.263 e. The predicted molar refractivity (Wildman–Crippen MR) is 64.0 cm³/mol. The molecule has 6 nitrogen and oxygen atoms in total. The Balaban J connectivity index is 2.32. The fourth-order valence-corrected chi connectivity index (χ4v) is 1.42. The molecule has 0 aliphatic carbocycles. The van der Waals surface area contributed by atoms with E-state index >= 15 is 0 Å². The van der Waals surface area contributed by atoms with Gasteiger partial charge in [0.15, 0.2) is 0 Å². The predicted octanol–water partition coefficient (Wildman–Crippen LogP) is 1.29. The van der Waals surface area contributed by atoms with Crippen molar-refractivity contribution in [3.8, 4) is 0 Å². The molecule has 0 fully saturated rings. The number of halogens is 1. The van der Waals surface area contributed by atoms with Gasteiger partial charge in [-0.2, -0.15) is 5.10 Å². The molecule has 0 aliphatic heterocycles. The van der Waals surface area contributed by atoms with Crippen LogP contribution in [0.5, 0.6) is 0 Å². The third-order valence-corrected chi connectivity index (χ3v) is 2.51. The summed E-state index contributed by atoms with van der Waals surface area (Å²) in [5.74, 6) is 0.163. The van der Waals surface area contributed by atoms with Crippen LogP contribution in [0, 0.1) is 0 Å². The molecule has 1 aromatic heterocycles. The smallest absolute Gasteiger partial charge is 0.263 e. The highest BCUT2D eigenvalue weighted by atomic mass is 79.9. The number of nitrogen functional groups attached to an aromatic ring is 1. The molecule has 1 heterocycles. The van der Waals surface area contributed by atoms with Gasteiger partial charge in [0, 0.05) is 4.47 Å². The molecule has 1 aromatic carbocycles. The zero-order valence-electron chi connectivity index (χ0n) is 8.50. The fourth-order valence-electron chi connectivity index (χ4n) is 1.15. The molecule has 7 heteroatoms. The maximum absolute atomic E-state index is 5.50. The first kappa shape index (κ1) is 10.7. The number of tetrazole rings is 1. The number of benzene rings is 1. The minimum Gasteiger partial charge on any atom is -0.365 e. The molecule has 2 aromatic rings. The number of aromatic nitrogens is 4.